The molecule has 0 saturated carbocycles. The Morgan fingerprint density at radius 1 is 1.06 bits per heavy atom. The highest BCUT2D eigenvalue weighted by molar-refractivity contribution is 5.66. The van der Waals surface area contributed by atoms with Crippen molar-refractivity contribution in [3.05, 3.63) is 89.1 Å². The lowest BCUT2D eigenvalue weighted by atomic mass is 10.0. The number of benzene rings is 2. The second-order valence-electron chi connectivity index (χ2n) is 7.48. The molecule has 0 fully saturated rings. The summed E-state index contributed by atoms with van der Waals surface area (Å²) in [5.74, 6) is 1.13. The normalized spacial score (nSPS) is 10.6. The van der Waals surface area contributed by atoms with Gasteiger partial charge in [-0.15, -0.1) is 0 Å². The van der Waals surface area contributed by atoms with E-state index in [2.05, 4.69) is 57.6 Å². The van der Waals surface area contributed by atoms with Crippen LogP contribution in [-0.4, -0.2) is 24.6 Å². The minimum absolute atomic E-state index is 0.0375. The van der Waals surface area contributed by atoms with Crippen LogP contribution < -0.4 is 10.6 Å². The van der Waals surface area contributed by atoms with Crippen LogP contribution in [0, 0.1) is 25.2 Å². The van der Waals surface area contributed by atoms with Crippen molar-refractivity contribution in [3.8, 4) is 6.07 Å². The van der Waals surface area contributed by atoms with Gasteiger partial charge in [0.05, 0.1) is 36.5 Å². The van der Waals surface area contributed by atoms with Crippen LogP contribution >= 0.6 is 0 Å². The summed E-state index contributed by atoms with van der Waals surface area (Å²) in [5, 5.41) is 24.9. The molecular weight excluding hydrogens is 402 g/mol. The monoisotopic (exact) mass is 425 g/mol. The second kappa shape index (κ2) is 9.29. The predicted octanol–water partition coefficient (Wildman–Crippen LogP) is 4.19. The Hall–Kier alpha value is -4.22. The Morgan fingerprint density at radius 3 is 2.50 bits per heavy atom. The van der Waals surface area contributed by atoms with Crippen LogP contribution in [0.3, 0.4) is 0 Å². The molecule has 0 aliphatic heterocycles. The highest BCUT2D eigenvalue weighted by Crippen LogP contribution is 2.26. The molecule has 0 unspecified atom stereocenters. The van der Waals surface area contributed by atoms with Gasteiger partial charge in [-0.1, -0.05) is 12.1 Å². The maximum absolute atomic E-state index is 9.44. The average molecular weight is 425 g/mol. The number of hydrogen-bond acceptors (Lipinski definition) is 7. The fraction of sp³-hybridized carbons (Fsp3) is 0.167. The molecule has 2 aromatic heterocycles. The molecule has 0 atom stereocenters. The van der Waals surface area contributed by atoms with Crippen molar-refractivity contribution in [2.45, 2.75) is 27.0 Å². The predicted molar refractivity (Wildman–Crippen MR) is 123 cm³/mol. The lowest BCUT2D eigenvalue weighted by Crippen LogP contribution is -2.06. The zero-order valence-corrected chi connectivity index (χ0v) is 17.9. The van der Waals surface area contributed by atoms with Crippen LogP contribution in [0.5, 0.6) is 0 Å². The van der Waals surface area contributed by atoms with Crippen LogP contribution in [0.2, 0.25) is 0 Å². The first-order valence-corrected chi connectivity index (χ1v) is 10.1. The molecule has 0 bridgehead atoms. The molecule has 4 aromatic rings. The van der Waals surface area contributed by atoms with E-state index in [4.69, 9.17) is 5.26 Å². The van der Waals surface area contributed by atoms with Gasteiger partial charge in [-0.05, 0) is 60.9 Å². The van der Waals surface area contributed by atoms with E-state index in [1.54, 1.807) is 30.9 Å². The molecule has 160 valence electrons. The maximum Gasteiger partial charge on any atom is 0.229 e. The number of aryl methyl sites for hydroxylation is 2. The van der Waals surface area contributed by atoms with Gasteiger partial charge in [-0.25, -0.2) is 9.97 Å². The summed E-state index contributed by atoms with van der Waals surface area (Å²) in [7, 11) is 0. The third-order valence-corrected chi connectivity index (χ3v) is 5.08. The molecule has 0 radical (unpaired) electrons. The van der Waals surface area contributed by atoms with Crippen molar-refractivity contribution in [2.75, 3.05) is 10.6 Å². The summed E-state index contributed by atoms with van der Waals surface area (Å²) >= 11 is 0. The average Bonchev–Trinajstić information content (AvgIpc) is 3.24. The molecule has 8 heteroatoms. The van der Waals surface area contributed by atoms with Gasteiger partial charge in [0.1, 0.15) is 5.82 Å². The number of nitriles is 1. The largest absolute Gasteiger partial charge is 0.390 e. The number of aliphatic hydroxyl groups is 1. The van der Waals surface area contributed by atoms with Crippen LogP contribution in [0.4, 0.5) is 23.1 Å². The van der Waals surface area contributed by atoms with E-state index in [-0.39, 0.29) is 6.61 Å². The van der Waals surface area contributed by atoms with Gasteiger partial charge < -0.3 is 20.3 Å². The fourth-order valence-corrected chi connectivity index (χ4v) is 3.53. The molecule has 0 aliphatic rings. The van der Waals surface area contributed by atoms with Gasteiger partial charge in [0, 0.05) is 24.1 Å². The third-order valence-electron chi connectivity index (χ3n) is 5.08. The van der Waals surface area contributed by atoms with Crippen LogP contribution in [-0.2, 0) is 13.2 Å². The molecule has 8 nitrogen and oxygen atoms in total. The Labute approximate surface area is 186 Å². The molecule has 0 saturated heterocycles. The van der Waals surface area contributed by atoms with E-state index in [0.29, 0.717) is 23.9 Å². The number of aliphatic hydroxyl groups excluding tert-OH is 1. The molecule has 4 rings (SSSR count). The quantitative estimate of drug-likeness (QED) is 0.407. The number of nitrogens with one attached hydrogen (secondary N) is 2. The summed E-state index contributed by atoms with van der Waals surface area (Å²) in [6.45, 7) is 4.71. The third kappa shape index (κ3) is 4.74. The number of aromatic nitrogens is 4. The van der Waals surface area contributed by atoms with Gasteiger partial charge in [-0.3, -0.25) is 0 Å². The van der Waals surface area contributed by atoms with E-state index in [0.717, 1.165) is 33.8 Å². The van der Waals surface area contributed by atoms with Gasteiger partial charge >= 0.3 is 0 Å². The molecule has 32 heavy (non-hydrogen) atoms. The van der Waals surface area contributed by atoms with Crippen molar-refractivity contribution in [3.63, 3.8) is 0 Å². The molecule has 0 amide bonds. The summed E-state index contributed by atoms with van der Waals surface area (Å²) in [4.78, 5) is 12.9. The number of nitrogens with zero attached hydrogens (tertiary/aromatic N) is 5. The molecule has 3 N–H and O–H groups in total. The van der Waals surface area contributed by atoms with Gasteiger partial charge in [0.2, 0.25) is 5.95 Å². The van der Waals surface area contributed by atoms with E-state index in [1.807, 2.05) is 22.8 Å². The number of anilines is 4. The SMILES string of the molecule is Cc1cc(Cn2cncc2CO)cc(C)c1Nc1ccnc(Nc2ccc(C#N)cc2)n1. The molecule has 2 heterocycles. The lowest BCUT2D eigenvalue weighted by Gasteiger charge is -2.16. The van der Waals surface area contributed by atoms with Crippen molar-refractivity contribution in [2.24, 2.45) is 0 Å². The summed E-state index contributed by atoms with van der Waals surface area (Å²) in [5.41, 5.74) is 6.48. The Kier molecular flexibility index (Phi) is 6.10. The molecule has 0 spiro atoms. The number of imidazole rings is 1. The minimum atomic E-state index is -0.0375. The molecular formula is C24H23N7O. The highest BCUT2D eigenvalue weighted by atomic mass is 16.3. The molecule has 2 aromatic carbocycles. The smallest absolute Gasteiger partial charge is 0.229 e. The number of rotatable bonds is 7. The summed E-state index contributed by atoms with van der Waals surface area (Å²) in [6, 6.07) is 15.3. The van der Waals surface area contributed by atoms with Gasteiger partial charge in [-0.2, -0.15) is 10.2 Å². The summed E-state index contributed by atoms with van der Waals surface area (Å²) < 4.78 is 1.94. The highest BCUT2D eigenvalue weighted by Gasteiger charge is 2.09. The Bertz CT molecular complexity index is 1250. The van der Waals surface area contributed by atoms with E-state index < -0.39 is 0 Å². The standard InChI is InChI=1S/C24H23N7O/c1-16-9-19(13-31-15-26-12-21(31)14-32)10-17(2)23(16)29-22-7-8-27-24(30-22)28-20-5-3-18(11-25)4-6-20/h3-10,12,15,32H,13-14H2,1-2H3,(H2,27,28,29,30). The summed E-state index contributed by atoms with van der Waals surface area (Å²) in [6.07, 6.45) is 5.09. The Balaban J connectivity index is 1.51. The second-order valence-corrected chi connectivity index (χ2v) is 7.48. The van der Waals surface area contributed by atoms with Gasteiger partial charge in [0.25, 0.3) is 0 Å². The molecule has 0 aliphatic carbocycles. The van der Waals surface area contributed by atoms with Crippen molar-refractivity contribution in [1.29, 1.82) is 5.26 Å². The van der Waals surface area contributed by atoms with Crippen molar-refractivity contribution >= 4 is 23.1 Å². The van der Waals surface area contributed by atoms with E-state index >= 15 is 0 Å². The van der Waals surface area contributed by atoms with Gasteiger partial charge in [0.15, 0.2) is 0 Å². The maximum atomic E-state index is 9.44. The zero-order chi connectivity index (χ0) is 22.5. The first-order chi connectivity index (χ1) is 15.6. The van der Waals surface area contributed by atoms with Crippen LogP contribution in [0.15, 0.2) is 61.2 Å². The lowest BCUT2D eigenvalue weighted by molar-refractivity contribution is 0.271. The van der Waals surface area contributed by atoms with Crippen molar-refractivity contribution < 1.29 is 5.11 Å². The van der Waals surface area contributed by atoms with E-state index in [9.17, 15) is 5.11 Å². The first kappa shape index (κ1) is 21.0. The van der Waals surface area contributed by atoms with Crippen LogP contribution in [0.25, 0.3) is 0 Å². The van der Waals surface area contributed by atoms with Crippen molar-refractivity contribution in [1.82, 2.24) is 19.5 Å². The first-order valence-electron chi connectivity index (χ1n) is 10.1. The topological polar surface area (TPSA) is 112 Å². The minimum Gasteiger partial charge on any atom is -0.390 e. The van der Waals surface area contributed by atoms with Crippen LogP contribution in [0.1, 0.15) is 27.9 Å². The fourth-order valence-electron chi connectivity index (χ4n) is 3.53. The number of hydrogen-bond donors (Lipinski definition) is 3. The van der Waals surface area contributed by atoms with E-state index in [1.165, 1.54) is 0 Å². The Morgan fingerprint density at radius 2 is 1.81 bits per heavy atom. The zero-order valence-electron chi connectivity index (χ0n) is 17.9.